The maximum atomic E-state index is 13.8. The van der Waals surface area contributed by atoms with Crippen LogP contribution in [-0.2, 0) is 6.54 Å². The first-order valence-electron chi connectivity index (χ1n) is 6.88. The molecular formula is C15H18ClFN4O. The van der Waals surface area contributed by atoms with Gasteiger partial charge in [-0.1, -0.05) is 17.7 Å². The number of amides is 2. The van der Waals surface area contributed by atoms with Crippen molar-refractivity contribution in [2.24, 2.45) is 0 Å². The van der Waals surface area contributed by atoms with Crippen molar-refractivity contribution in [3.05, 3.63) is 46.9 Å². The van der Waals surface area contributed by atoms with E-state index < -0.39 is 5.82 Å². The lowest BCUT2D eigenvalue weighted by atomic mass is 10.2. The summed E-state index contributed by atoms with van der Waals surface area (Å²) in [5, 5.41) is 7.19. The van der Waals surface area contributed by atoms with Crippen molar-refractivity contribution in [2.75, 3.05) is 12.4 Å². The molecule has 0 spiro atoms. The van der Waals surface area contributed by atoms with Gasteiger partial charge in [-0.05, 0) is 26.0 Å². The van der Waals surface area contributed by atoms with Gasteiger partial charge < -0.3 is 4.90 Å². The standard InChI is InChI=1S/C15H18ClFN4O/c1-10(2)21-14(7-8-18-21)19-15(22)20(3)9-11-12(16)5-4-6-13(11)17/h4-8,10H,9H2,1-3H3,(H,19,22). The minimum absolute atomic E-state index is 0.0765. The molecule has 0 unspecified atom stereocenters. The molecule has 1 N–H and O–H groups in total. The number of anilines is 1. The fourth-order valence-electron chi connectivity index (χ4n) is 2.02. The summed E-state index contributed by atoms with van der Waals surface area (Å²) in [5.41, 5.74) is 0.291. The minimum Gasteiger partial charge on any atom is -0.323 e. The summed E-state index contributed by atoms with van der Waals surface area (Å²) in [6, 6.07) is 5.92. The molecular weight excluding hydrogens is 307 g/mol. The van der Waals surface area contributed by atoms with Gasteiger partial charge in [0, 0.05) is 29.7 Å². The van der Waals surface area contributed by atoms with Crippen molar-refractivity contribution < 1.29 is 9.18 Å². The second-order valence-electron chi connectivity index (χ2n) is 5.24. The Morgan fingerprint density at radius 2 is 2.18 bits per heavy atom. The summed E-state index contributed by atoms with van der Waals surface area (Å²) in [5.74, 6) is 0.158. The molecule has 0 aliphatic heterocycles. The van der Waals surface area contributed by atoms with E-state index in [1.54, 1.807) is 30.1 Å². The Kier molecular flexibility index (Phi) is 5.03. The molecule has 7 heteroatoms. The van der Waals surface area contributed by atoms with E-state index in [0.717, 1.165) is 0 Å². The zero-order valence-electron chi connectivity index (χ0n) is 12.7. The molecule has 0 saturated carbocycles. The lowest BCUT2D eigenvalue weighted by Gasteiger charge is -2.20. The van der Waals surface area contributed by atoms with Gasteiger partial charge in [-0.2, -0.15) is 5.10 Å². The number of urea groups is 1. The van der Waals surface area contributed by atoms with Crippen LogP contribution in [0.25, 0.3) is 0 Å². The molecule has 2 amide bonds. The van der Waals surface area contributed by atoms with Crippen molar-refractivity contribution in [1.29, 1.82) is 0 Å². The number of halogens is 2. The van der Waals surface area contributed by atoms with Crippen LogP contribution in [0.4, 0.5) is 15.0 Å². The van der Waals surface area contributed by atoms with Gasteiger partial charge in [-0.3, -0.25) is 5.32 Å². The number of nitrogens with zero attached hydrogens (tertiary/aromatic N) is 3. The number of carbonyl (C=O) groups is 1. The average Bonchev–Trinajstić information content (AvgIpc) is 2.91. The highest BCUT2D eigenvalue weighted by atomic mass is 35.5. The fraction of sp³-hybridized carbons (Fsp3) is 0.333. The molecule has 0 aliphatic carbocycles. The van der Waals surface area contributed by atoms with Crippen molar-refractivity contribution in [3.8, 4) is 0 Å². The quantitative estimate of drug-likeness (QED) is 0.926. The summed E-state index contributed by atoms with van der Waals surface area (Å²) in [4.78, 5) is 13.6. The van der Waals surface area contributed by atoms with Gasteiger partial charge in [0.2, 0.25) is 0 Å². The van der Waals surface area contributed by atoms with Crippen LogP contribution >= 0.6 is 11.6 Å². The van der Waals surface area contributed by atoms with Crippen LogP contribution in [0.3, 0.4) is 0 Å². The number of rotatable bonds is 4. The Morgan fingerprint density at radius 3 is 2.82 bits per heavy atom. The third kappa shape index (κ3) is 3.57. The van der Waals surface area contributed by atoms with E-state index in [2.05, 4.69) is 10.4 Å². The smallest absolute Gasteiger partial charge is 0.323 e. The van der Waals surface area contributed by atoms with Crippen LogP contribution in [0.1, 0.15) is 25.5 Å². The fourth-order valence-corrected chi connectivity index (χ4v) is 2.24. The Balaban J connectivity index is 2.08. The second-order valence-corrected chi connectivity index (χ2v) is 5.65. The molecule has 0 bridgehead atoms. The first-order valence-corrected chi connectivity index (χ1v) is 7.26. The zero-order valence-corrected chi connectivity index (χ0v) is 13.4. The molecule has 118 valence electrons. The van der Waals surface area contributed by atoms with E-state index in [-0.39, 0.29) is 18.6 Å². The molecule has 1 aromatic carbocycles. The second kappa shape index (κ2) is 6.79. The Morgan fingerprint density at radius 1 is 1.45 bits per heavy atom. The first-order chi connectivity index (χ1) is 10.4. The maximum Gasteiger partial charge on any atom is 0.323 e. The molecule has 0 radical (unpaired) electrons. The first kappa shape index (κ1) is 16.3. The van der Waals surface area contributed by atoms with Gasteiger partial charge >= 0.3 is 6.03 Å². The molecule has 0 atom stereocenters. The normalized spacial score (nSPS) is 10.8. The summed E-state index contributed by atoms with van der Waals surface area (Å²) in [6.45, 7) is 4.00. The number of aromatic nitrogens is 2. The summed E-state index contributed by atoms with van der Waals surface area (Å²) in [7, 11) is 1.58. The average molecular weight is 325 g/mol. The lowest BCUT2D eigenvalue weighted by molar-refractivity contribution is 0.220. The number of benzene rings is 1. The molecule has 1 heterocycles. The highest BCUT2D eigenvalue weighted by Crippen LogP contribution is 2.21. The van der Waals surface area contributed by atoms with Gasteiger partial charge in [0.15, 0.2) is 0 Å². The van der Waals surface area contributed by atoms with Gasteiger partial charge in [0.25, 0.3) is 0 Å². The van der Waals surface area contributed by atoms with E-state index in [0.29, 0.717) is 16.4 Å². The van der Waals surface area contributed by atoms with Crippen LogP contribution < -0.4 is 5.32 Å². The van der Waals surface area contributed by atoms with E-state index >= 15 is 0 Å². The topological polar surface area (TPSA) is 50.2 Å². The van der Waals surface area contributed by atoms with Crippen molar-refractivity contribution in [3.63, 3.8) is 0 Å². The van der Waals surface area contributed by atoms with E-state index in [1.807, 2.05) is 13.8 Å². The van der Waals surface area contributed by atoms with Gasteiger partial charge in [-0.25, -0.2) is 13.9 Å². The summed E-state index contributed by atoms with van der Waals surface area (Å²) in [6.07, 6.45) is 1.61. The van der Waals surface area contributed by atoms with Crippen LogP contribution in [0, 0.1) is 5.82 Å². The Hall–Kier alpha value is -2.08. The number of nitrogens with one attached hydrogen (secondary N) is 1. The minimum atomic E-state index is -0.431. The van der Waals surface area contributed by atoms with Crippen molar-refractivity contribution in [1.82, 2.24) is 14.7 Å². The molecule has 2 aromatic rings. The molecule has 0 saturated heterocycles. The molecule has 22 heavy (non-hydrogen) atoms. The van der Waals surface area contributed by atoms with Crippen LogP contribution in [0.2, 0.25) is 5.02 Å². The number of hydrogen-bond donors (Lipinski definition) is 1. The largest absolute Gasteiger partial charge is 0.323 e. The third-order valence-corrected chi connectivity index (χ3v) is 3.55. The lowest BCUT2D eigenvalue weighted by Crippen LogP contribution is -2.32. The maximum absolute atomic E-state index is 13.8. The van der Waals surface area contributed by atoms with E-state index in [4.69, 9.17) is 11.6 Å². The molecule has 5 nitrogen and oxygen atoms in total. The highest BCUT2D eigenvalue weighted by molar-refractivity contribution is 6.31. The third-order valence-electron chi connectivity index (χ3n) is 3.20. The van der Waals surface area contributed by atoms with Gasteiger partial charge in [0.1, 0.15) is 11.6 Å². The van der Waals surface area contributed by atoms with Crippen LogP contribution in [-0.4, -0.2) is 27.8 Å². The van der Waals surface area contributed by atoms with Crippen molar-refractivity contribution in [2.45, 2.75) is 26.4 Å². The van der Waals surface area contributed by atoms with E-state index in [9.17, 15) is 9.18 Å². The Bertz CT molecular complexity index is 651. The van der Waals surface area contributed by atoms with Gasteiger partial charge in [0.05, 0.1) is 12.7 Å². The number of hydrogen-bond acceptors (Lipinski definition) is 2. The van der Waals surface area contributed by atoms with Gasteiger partial charge in [-0.15, -0.1) is 0 Å². The molecule has 1 aromatic heterocycles. The molecule has 0 aliphatic rings. The number of carbonyl (C=O) groups excluding carboxylic acids is 1. The monoisotopic (exact) mass is 324 g/mol. The van der Waals surface area contributed by atoms with E-state index in [1.165, 1.54) is 17.0 Å². The van der Waals surface area contributed by atoms with Crippen LogP contribution in [0.5, 0.6) is 0 Å². The summed E-state index contributed by atoms with van der Waals surface area (Å²) >= 11 is 5.98. The predicted molar refractivity (Wildman–Crippen MR) is 84.5 cm³/mol. The molecule has 2 rings (SSSR count). The molecule has 0 fully saturated rings. The Labute approximate surface area is 133 Å². The SMILES string of the molecule is CC(C)n1nccc1NC(=O)N(C)Cc1c(F)cccc1Cl. The zero-order chi connectivity index (χ0) is 16.3. The highest BCUT2D eigenvalue weighted by Gasteiger charge is 2.16. The van der Waals surface area contributed by atoms with Crippen molar-refractivity contribution >= 4 is 23.4 Å². The summed E-state index contributed by atoms with van der Waals surface area (Å²) < 4.78 is 15.5. The predicted octanol–water partition coefficient (Wildman–Crippen LogP) is 3.92. The van der Waals surface area contributed by atoms with Crippen LogP contribution in [0.15, 0.2) is 30.5 Å².